The van der Waals surface area contributed by atoms with Crippen LogP contribution in [0.2, 0.25) is 0 Å². The molecule has 0 bridgehead atoms. The highest BCUT2D eigenvalue weighted by atomic mass is 16.2. The zero-order chi connectivity index (χ0) is 21.7. The summed E-state index contributed by atoms with van der Waals surface area (Å²) in [5, 5.41) is 0. The second-order valence-corrected chi connectivity index (χ2v) is 7.64. The Bertz CT molecular complexity index is 1120. The lowest BCUT2D eigenvalue weighted by atomic mass is 9.77. The van der Waals surface area contributed by atoms with Gasteiger partial charge in [-0.2, -0.15) is 0 Å². The van der Waals surface area contributed by atoms with Crippen molar-refractivity contribution in [2.75, 3.05) is 28.2 Å². The lowest BCUT2D eigenvalue weighted by molar-refractivity contribution is 0.0930. The molecule has 0 heterocycles. The molecule has 0 amide bonds. The van der Waals surface area contributed by atoms with Gasteiger partial charge in [0.25, 0.3) is 0 Å². The molecule has 2 aromatic rings. The molecule has 0 N–H and O–H groups in total. The summed E-state index contributed by atoms with van der Waals surface area (Å²) in [6.07, 6.45) is 0. The lowest BCUT2D eigenvalue weighted by Gasteiger charge is -2.31. The highest BCUT2D eigenvalue weighted by molar-refractivity contribution is 6.36. The summed E-state index contributed by atoms with van der Waals surface area (Å²) in [4.78, 5) is 56.7. The SMILES string of the molecule is CN(C)C1=C(C2=C(N(C)C)C(=O)c3ccccc3C2=O)C(=O)c2ccccc2C1=O. The van der Waals surface area contributed by atoms with Crippen molar-refractivity contribution < 1.29 is 19.2 Å². The Labute approximate surface area is 174 Å². The monoisotopic (exact) mass is 400 g/mol. The molecule has 2 aromatic carbocycles. The molecule has 2 aliphatic carbocycles. The lowest BCUT2D eigenvalue weighted by Crippen LogP contribution is -2.36. The van der Waals surface area contributed by atoms with Gasteiger partial charge in [0.15, 0.2) is 11.6 Å². The van der Waals surface area contributed by atoms with E-state index in [1.54, 1.807) is 76.7 Å². The van der Waals surface area contributed by atoms with E-state index in [0.29, 0.717) is 0 Å². The Morgan fingerprint density at radius 2 is 0.733 bits per heavy atom. The van der Waals surface area contributed by atoms with Crippen LogP contribution in [0.3, 0.4) is 0 Å². The standard InChI is InChI=1S/C24H20N2O4/c1-25(2)19-17(21(27)13-9-5-7-11-15(13)23(19)29)18-20(26(3)4)24(30)16-12-8-6-10-14(16)22(18)28/h5-12H,1-4H3. The van der Waals surface area contributed by atoms with E-state index >= 15 is 0 Å². The minimum Gasteiger partial charge on any atom is -0.374 e. The topological polar surface area (TPSA) is 74.8 Å². The summed E-state index contributed by atoms with van der Waals surface area (Å²) in [5.74, 6) is -1.59. The first-order valence-electron chi connectivity index (χ1n) is 9.46. The van der Waals surface area contributed by atoms with E-state index in [2.05, 4.69) is 0 Å². The normalized spacial score (nSPS) is 16.0. The van der Waals surface area contributed by atoms with Crippen molar-refractivity contribution in [2.45, 2.75) is 0 Å². The van der Waals surface area contributed by atoms with Gasteiger partial charge >= 0.3 is 0 Å². The van der Waals surface area contributed by atoms with Gasteiger partial charge < -0.3 is 9.80 Å². The third-order valence-electron chi connectivity index (χ3n) is 5.33. The van der Waals surface area contributed by atoms with Crippen molar-refractivity contribution in [3.63, 3.8) is 0 Å². The number of fused-ring (bicyclic) bond motifs is 2. The number of likely N-dealkylation sites (N-methyl/N-ethyl adjacent to an activating group) is 2. The summed E-state index contributed by atoms with van der Waals surface area (Å²) in [6, 6.07) is 13.1. The molecule has 0 radical (unpaired) electrons. The Balaban J connectivity index is 2.10. The Morgan fingerprint density at radius 3 is 1.00 bits per heavy atom. The van der Waals surface area contributed by atoms with Crippen molar-refractivity contribution in [2.24, 2.45) is 0 Å². The maximum absolute atomic E-state index is 13.6. The van der Waals surface area contributed by atoms with Crippen LogP contribution in [0.4, 0.5) is 0 Å². The van der Waals surface area contributed by atoms with E-state index in [9.17, 15) is 19.2 Å². The maximum atomic E-state index is 13.6. The molecular weight excluding hydrogens is 380 g/mol. The molecule has 0 aliphatic heterocycles. The number of allylic oxidation sites excluding steroid dienone is 4. The third kappa shape index (κ3) is 2.64. The van der Waals surface area contributed by atoms with E-state index in [-0.39, 0.29) is 56.4 Å². The number of rotatable bonds is 3. The molecule has 6 heteroatoms. The van der Waals surface area contributed by atoms with Crippen molar-refractivity contribution >= 4 is 23.1 Å². The molecule has 150 valence electrons. The minimum atomic E-state index is -0.441. The van der Waals surface area contributed by atoms with Gasteiger partial charge in [-0.25, -0.2) is 0 Å². The van der Waals surface area contributed by atoms with Crippen LogP contribution in [-0.2, 0) is 0 Å². The maximum Gasteiger partial charge on any atom is 0.210 e. The molecule has 2 aliphatic rings. The molecule has 4 rings (SSSR count). The molecule has 0 saturated heterocycles. The first-order chi connectivity index (χ1) is 14.3. The number of ketones is 4. The van der Waals surface area contributed by atoms with Crippen molar-refractivity contribution in [1.29, 1.82) is 0 Å². The molecule has 0 atom stereocenters. The van der Waals surface area contributed by atoms with Gasteiger partial charge in [0, 0.05) is 50.4 Å². The van der Waals surface area contributed by atoms with E-state index in [1.165, 1.54) is 9.80 Å². The van der Waals surface area contributed by atoms with E-state index < -0.39 is 11.6 Å². The Kier molecular flexibility index (Phi) is 4.50. The largest absolute Gasteiger partial charge is 0.374 e. The summed E-state index contributed by atoms with van der Waals surface area (Å²) in [5.41, 5.74) is 1.19. The van der Waals surface area contributed by atoms with Crippen LogP contribution in [0.1, 0.15) is 41.4 Å². The molecular formula is C24H20N2O4. The molecule has 0 fully saturated rings. The third-order valence-corrected chi connectivity index (χ3v) is 5.33. The highest BCUT2D eigenvalue weighted by Gasteiger charge is 2.42. The Hall–Kier alpha value is -3.80. The number of hydrogen-bond donors (Lipinski definition) is 0. The van der Waals surface area contributed by atoms with E-state index in [1.807, 2.05) is 0 Å². The molecule has 0 aromatic heterocycles. The number of carbonyl (C=O) groups excluding carboxylic acids is 4. The fourth-order valence-electron chi connectivity index (χ4n) is 4.04. The van der Waals surface area contributed by atoms with Crippen LogP contribution >= 0.6 is 0 Å². The first kappa shape index (κ1) is 19.5. The molecule has 0 spiro atoms. The second-order valence-electron chi connectivity index (χ2n) is 7.64. The molecule has 0 unspecified atom stereocenters. The first-order valence-corrected chi connectivity index (χ1v) is 9.46. The predicted molar refractivity (Wildman–Crippen MR) is 112 cm³/mol. The molecule has 30 heavy (non-hydrogen) atoms. The fourth-order valence-corrected chi connectivity index (χ4v) is 4.04. The Morgan fingerprint density at radius 1 is 0.467 bits per heavy atom. The smallest absolute Gasteiger partial charge is 0.210 e. The van der Waals surface area contributed by atoms with Crippen molar-refractivity contribution in [3.05, 3.63) is 93.3 Å². The molecule has 6 nitrogen and oxygen atoms in total. The quantitative estimate of drug-likeness (QED) is 0.789. The van der Waals surface area contributed by atoms with Gasteiger partial charge in [-0.3, -0.25) is 19.2 Å². The average Bonchev–Trinajstić information content (AvgIpc) is 2.72. The van der Waals surface area contributed by atoms with Crippen molar-refractivity contribution in [3.8, 4) is 0 Å². The van der Waals surface area contributed by atoms with E-state index in [0.717, 1.165) is 0 Å². The van der Waals surface area contributed by atoms with E-state index in [4.69, 9.17) is 0 Å². The number of nitrogens with zero attached hydrogens (tertiary/aromatic N) is 2. The van der Waals surface area contributed by atoms with Gasteiger partial charge in [-0.15, -0.1) is 0 Å². The van der Waals surface area contributed by atoms with Crippen molar-refractivity contribution in [1.82, 2.24) is 9.80 Å². The summed E-state index contributed by atoms with van der Waals surface area (Å²) < 4.78 is 0. The van der Waals surface area contributed by atoms with Gasteiger partial charge in [0.05, 0.1) is 22.5 Å². The van der Waals surface area contributed by atoms with Crippen LogP contribution < -0.4 is 0 Å². The van der Waals surface area contributed by atoms with Crippen LogP contribution in [0.5, 0.6) is 0 Å². The minimum absolute atomic E-state index is 0.0275. The molecule has 0 saturated carbocycles. The summed E-state index contributed by atoms with van der Waals surface area (Å²) in [6.45, 7) is 0. The fraction of sp³-hybridized carbons (Fsp3) is 0.167. The number of hydrogen-bond acceptors (Lipinski definition) is 6. The van der Waals surface area contributed by atoms with Gasteiger partial charge in [0.1, 0.15) is 0 Å². The zero-order valence-corrected chi connectivity index (χ0v) is 17.1. The number of benzene rings is 2. The summed E-state index contributed by atoms with van der Waals surface area (Å²) >= 11 is 0. The van der Waals surface area contributed by atoms with Gasteiger partial charge in [-0.1, -0.05) is 48.5 Å². The second kappa shape index (κ2) is 6.91. The highest BCUT2D eigenvalue weighted by Crippen LogP contribution is 2.38. The summed E-state index contributed by atoms with van der Waals surface area (Å²) in [7, 11) is 6.58. The zero-order valence-electron chi connectivity index (χ0n) is 17.1. The average molecular weight is 400 g/mol. The van der Waals surface area contributed by atoms with Crippen LogP contribution in [0, 0.1) is 0 Å². The predicted octanol–water partition coefficient (Wildman–Crippen LogP) is 2.78. The van der Waals surface area contributed by atoms with Crippen LogP contribution in [0.15, 0.2) is 71.1 Å². The van der Waals surface area contributed by atoms with Crippen LogP contribution in [-0.4, -0.2) is 61.1 Å². The van der Waals surface area contributed by atoms with Crippen LogP contribution in [0.25, 0.3) is 0 Å². The van der Waals surface area contributed by atoms with Gasteiger partial charge in [0.2, 0.25) is 11.6 Å². The van der Waals surface area contributed by atoms with Gasteiger partial charge in [-0.05, 0) is 0 Å². The number of Topliss-reactive ketones (excluding diaryl/α,β-unsaturated/α-hetero) is 4. The number of carbonyl (C=O) groups is 4.